The number of hydrogen-bond donors (Lipinski definition) is 0. The van der Waals surface area contributed by atoms with Crippen molar-refractivity contribution in [3.05, 3.63) is 32.8 Å². The van der Waals surface area contributed by atoms with E-state index < -0.39 is 4.92 Å². The Labute approximate surface area is 91.0 Å². The molecule has 0 atom stereocenters. The van der Waals surface area contributed by atoms with Crippen molar-refractivity contribution in [1.82, 2.24) is 0 Å². The Morgan fingerprint density at radius 1 is 1.67 bits per heavy atom. The molecule has 15 heavy (non-hydrogen) atoms. The zero-order chi connectivity index (χ0) is 11.4. The molecule has 0 N–H and O–H groups in total. The number of rotatable bonds is 3. The quantitative estimate of drug-likeness (QED) is 0.585. The first-order valence-corrected chi connectivity index (χ1v) is 4.35. The molecule has 0 aliphatic rings. The number of nitrogens with zero attached hydrogens (tertiary/aromatic N) is 2. The van der Waals surface area contributed by atoms with Gasteiger partial charge in [0.2, 0.25) is 0 Å². The second-order valence-corrected chi connectivity index (χ2v) is 3.11. The summed E-state index contributed by atoms with van der Waals surface area (Å²) in [5, 5.41) is 19.3. The number of ether oxygens (including phenoxy) is 1. The average molecular weight is 227 g/mol. The smallest absolute Gasteiger partial charge is 0.275 e. The van der Waals surface area contributed by atoms with E-state index in [1.165, 1.54) is 19.2 Å². The summed E-state index contributed by atoms with van der Waals surface area (Å²) < 4.78 is 4.90. The lowest BCUT2D eigenvalue weighted by Gasteiger charge is -2.05. The lowest BCUT2D eigenvalue weighted by Crippen LogP contribution is -1.96. The van der Waals surface area contributed by atoms with E-state index >= 15 is 0 Å². The van der Waals surface area contributed by atoms with Gasteiger partial charge in [0.05, 0.1) is 29.5 Å². The highest BCUT2D eigenvalue weighted by Gasteiger charge is 2.17. The van der Waals surface area contributed by atoms with Gasteiger partial charge in [0.25, 0.3) is 5.69 Å². The average Bonchev–Trinajstić information content (AvgIpc) is 2.20. The molecule has 0 aromatic heterocycles. The third-order valence-electron chi connectivity index (χ3n) is 1.82. The second kappa shape index (κ2) is 4.62. The number of nitro groups is 1. The highest BCUT2D eigenvalue weighted by Crippen LogP contribution is 2.32. The van der Waals surface area contributed by atoms with Gasteiger partial charge >= 0.3 is 0 Å². The van der Waals surface area contributed by atoms with Crippen LogP contribution in [-0.4, -0.2) is 12.0 Å². The Bertz CT molecular complexity index is 440. The highest BCUT2D eigenvalue weighted by molar-refractivity contribution is 6.32. The van der Waals surface area contributed by atoms with Gasteiger partial charge in [0.1, 0.15) is 5.75 Å². The van der Waals surface area contributed by atoms with Gasteiger partial charge in [-0.2, -0.15) is 5.26 Å². The maximum absolute atomic E-state index is 10.6. The third kappa shape index (κ3) is 2.36. The Morgan fingerprint density at radius 2 is 2.33 bits per heavy atom. The van der Waals surface area contributed by atoms with Gasteiger partial charge in [0.15, 0.2) is 0 Å². The summed E-state index contributed by atoms with van der Waals surface area (Å²) in [6.45, 7) is 0. The van der Waals surface area contributed by atoms with Gasteiger partial charge in [-0.1, -0.05) is 11.6 Å². The Hall–Kier alpha value is -1.80. The van der Waals surface area contributed by atoms with Crippen LogP contribution in [0.1, 0.15) is 5.56 Å². The molecule has 0 spiro atoms. The SMILES string of the molecule is COc1cc(CC#N)c([N+](=O)[O-])cc1Cl. The summed E-state index contributed by atoms with van der Waals surface area (Å²) in [6.07, 6.45) is -0.0517. The molecular weight excluding hydrogens is 220 g/mol. The number of methoxy groups -OCH3 is 1. The van der Waals surface area contributed by atoms with Crippen LogP contribution in [0.2, 0.25) is 5.02 Å². The fourth-order valence-electron chi connectivity index (χ4n) is 1.14. The zero-order valence-corrected chi connectivity index (χ0v) is 8.61. The predicted octanol–water partition coefficient (Wildman–Crippen LogP) is 2.32. The normalized spacial score (nSPS) is 9.40. The number of nitriles is 1. The van der Waals surface area contributed by atoms with E-state index in [9.17, 15) is 10.1 Å². The Balaban J connectivity index is 3.33. The number of halogens is 1. The van der Waals surface area contributed by atoms with E-state index in [-0.39, 0.29) is 17.1 Å². The minimum absolute atomic E-state index is 0.0517. The van der Waals surface area contributed by atoms with E-state index in [1.54, 1.807) is 0 Å². The molecule has 6 heteroatoms. The molecule has 0 unspecified atom stereocenters. The van der Waals surface area contributed by atoms with Crippen molar-refractivity contribution in [2.24, 2.45) is 0 Å². The van der Waals surface area contributed by atoms with E-state index in [4.69, 9.17) is 21.6 Å². The number of benzene rings is 1. The van der Waals surface area contributed by atoms with Crippen LogP contribution in [0.3, 0.4) is 0 Å². The van der Waals surface area contributed by atoms with Crippen molar-refractivity contribution < 1.29 is 9.66 Å². The zero-order valence-electron chi connectivity index (χ0n) is 7.86. The van der Waals surface area contributed by atoms with Crippen LogP contribution >= 0.6 is 11.6 Å². The van der Waals surface area contributed by atoms with Crippen LogP contribution in [0.4, 0.5) is 5.69 Å². The Morgan fingerprint density at radius 3 is 2.80 bits per heavy atom. The lowest BCUT2D eigenvalue weighted by molar-refractivity contribution is -0.385. The molecule has 0 saturated heterocycles. The monoisotopic (exact) mass is 226 g/mol. The van der Waals surface area contributed by atoms with E-state index in [2.05, 4.69) is 0 Å². The first kappa shape index (κ1) is 11.3. The maximum Gasteiger partial charge on any atom is 0.275 e. The van der Waals surface area contributed by atoms with Crippen LogP contribution in [-0.2, 0) is 6.42 Å². The molecule has 1 aromatic carbocycles. The van der Waals surface area contributed by atoms with Crippen molar-refractivity contribution in [3.8, 4) is 11.8 Å². The van der Waals surface area contributed by atoms with Gasteiger partial charge in [-0.25, -0.2) is 0 Å². The molecule has 1 rings (SSSR count). The molecule has 0 aliphatic heterocycles. The van der Waals surface area contributed by atoms with Crippen LogP contribution < -0.4 is 4.74 Å². The largest absolute Gasteiger partial charge is 0.495 e. The van der Waals surface area contributed by atoms with Gasteiger partial charge < -0.3 is 4.74 Å². The van der Waals surface area contributed by atoms with Gasteiger partial charge in [-0.3, -0.25) is 10.1 Å². The summed E-state index contributed by atoms with van der Waals surface area (Å²) >= 11 is 5.73. The van der Waals surface area contributed by atoms with Gasteiger partial charge in [-0.05, 0) is 6.07 Å². The van der Waals surface area contributed by atoms with Crippen molar-refractivity contribution in [3.63, 3.8) is 0 Å². The minimum Gasteiger partial charge on any atom is -0.495 e. The van der Waals surface area contributed by atoms with Crippen molar-refractivity contribution in [2.45, 2.75) is 6.42 Å². The van der Waals surface area contributed by atoms with Crippen molar-refractivity contribution >= 4 is 17.3 Å². The highest BCUT2D eigenvalue weighted by atomic mass is 35.5. The molecule has 1 aromatic rings. The molecule has 78 valence electrons. The van der Waals surface area contributed by atoms with Crippen molar-refractivity contribution in [2.75, 3.05) is 7.11 Å². The summed E-state index contributed by atoms with van der Waals surface area (Å²) in [4.78, 5) is 10.1. The summed E-state index contributed by atoms with van der Waals surface area (Å²) in [5.74, 6) is 0.326. The molecule has 0 bridgehead atoms. The first-order chi connectivity index (χ1) is 7.10. The van der Waals surface area contributed by atoms with E-state index in [1.807, 2.05) is 6.07 Å². The van der Waals surface area contributed by atoms with E-state index in [0.29, 0.717) is 11.3 Å². The molecule has 0 aliphatic carbocycles. The maximum atomic E-state index is 10.6. The summed E-state index contributed by atoms with van der Waals surface area (Å²) in [7, 11) is 1.41. The molecule has 5 nitrogen and oxygen atoms in total. The number of nitro benzene ring substituents is 1. The second-order valence-electron chi connectivity index (χ2n) is 2.71. The van der Waals surface area contributed by atoms with Crippen LogP contribution in [0.5, 0.6) is 5.75 Å². The first-order valence-electron chi connectivity index (χ1n) is 3.98. The summed E-state index contributed by atoms with van der Waals surface area (Å²) in [5.41, 5.74) is 0.131. The fourth-order valence-corrected chi connectivity index (χ4v) is 1.37. The van der Waals surface area contributed by atoms with Crippen LogP contribution in [0, 0.1) is 21.4 Å². The molecule has 0 radical (unpaired) electrons. The van der Waals surface area contributed by atoms with Crippen LogP contribution in [0.15, 0.2) is 12.1 Å². The molecule has 0 amide bonds. The Kier molecular flexibility index (Phi) is 3.47. The number of hydrogen-bond acceptors (Lipinski definition) is 4. The minimum atomic E-state index is -0.571. The van der Waals surface area contributed by atoms with Crippen LogP contribution in [0.25, 0.3) is 0 Å². The lowest BCUT2D eigenvalue weighted by atomic mass is 10.1. The predicted molar refractivity (Wildman–Crippen MR) is 54.0 cm³/mol. The molecule has 0 saturated carbocycles. The topological polar surface area (TPSA) is 76.2 Å². The molecular formula is C9H7ClN2O3. The van der Waals surface area contributed by atoms with Gasteiger partial charge in [-0.15, -0.1) is 0 Å². The molecule has 0 heterocycles. The van der Waals surface area contributed by atoms with Crippen molar-refractivity contribution in [1.29, 1.82) is 5.26 Å². The fraction of sp³-hybridized carbons (Fsp3) is 0.222. The third-order valence-corrected chi connectivity index (χ3v) is 2.11. The molecule has 0 fully saturated rings. The van der Waals surface area contributed by atoms with E-state index in [0.717, 1.165) is 0 Å². The standard InChI is InChI=1S/C9H7ClN2O3/c1-15-9-4-6(2-3-11)8(12(13)14)5-7(9)10/h4-5H,2H2,1H3. The summed E-state index contributed by atoms with van der Waals surface area (Å²) in [6, 6.07) is 4.44. The van der Waals surface area contributed by atoms with Gasteiger partial charge in [0, 0.05) is 11.6 Å².